The van der Waals surface area contributed by atoms with Crippen LogP contribution >= 0.6 is 0 Å². The average molecular weight is 247 g/mol. The van der Waals surface area contributed by atoms with Gasteiger partial charge in [-0.15, -0.1) is 0 Å². The van der Waals surface area contributed by atoms with Crippen LogP contribution in [0.1, 0.15) is 38.7 Å². The molecule has 1 N–H and O–H groups in total. The van der Waals surface area contributed by atoms with Crippen LogP contribution < -0.4 is 4.90 Å². The highest BCUT2D eigenvalue weighted by atomic mass is 16.3. The molecule has 1 aliphatic heterocycles. The molecule has 0 aliphatic carbocycles. The summed E-state index contributed by atoms with van der Waals surface area (Å²) >= 11 is 0. The number of carbonyl (C=O) groups is 1. The van der Waals surface area contributed by atoms with E-state index in [9.17, 15) is 9.90 Å². The predicted octanol–water partition coefficient (Wildman–Crippen LogP) is 2.52. The fraction of sp³-hybridized carbons (Fsp3) is 0.533. The van der Waals surface area contributed by atoms with Crippen molar-refractivity contribution in [2.24, 2.45) is 0 Å². The number of para-hydroxylation sites is 1. The van der Waals surface area contributed by atoms with Gasteiger partial charge in [0.25, 0.3) is 0 Å². The molecule has 0 saturated heterocycles. The van der Waals surface area contributed by atoms with Crippen molar-refractivity contribution in [2.45, 2.75) is 51.7 Å². The number of aryl methyl sites for hydroxylation is 1. The van der Waals surface area contributed by atoms with E-state index in [0.717, 1.165) is 18.5 Å². The van der Waals surface area contributed by atoms with Gasteiger partial charge in [-0.25, -0.2) is 0 Å². The number of anilines is 1. The molecular formula is C15H21NO2. The van der Waals surface area contributed by atoms with Crippen molar-refractivity contribution >= 4 is 11.6 Å². The Balaban J connectivity index is 2.18. The molecule has 2 atom stereocenters. The molecule has 0 bridgehead atoms. The maximum absolute atomic E-state index is 12.3. The van der Waals surface area contributed by atoms with E-state index in [0.29, 0.717) is 12.8 Å². The number of amides is 1. The number of aliphatic hydroxyl groups excluding tert-OH is 1. The third-order valence-electron chi connectivity index (χ3n) is 3.57. The van der Waals surface area contributed by atoms with Crippen molar-refractivity contribution in [2.75, 3.05) is 4.90 Å². The Bertz CT molecular complexity index is 428. The molecule has 0 saturated carbocycles. The monoisotopic (exact) mass is 247 g/mol. The Morgan fingerprint density at radius 1 is 1.50 bits per heavy atom. The van der Waals surface area contributed by atoms with Crippen molar-refractivity contribution in [1.29, 1.82) is 0 Å². The molecule has 1 aromatic carbocycles. The first-order chi connectivity index (χ1) is 8.59. The van der Waals surface area contributed by atoms with Crippen molar-refractivity contribution in [3.63, 3.8) is 0 Å². The van der Waals surface area contributed by atoms with E-state index in [1.54, 1.807) is 6.92 Å². The Hall–Kier alpha value is -1.35. The largest absolute Gasteiger partial charge is 0.393 e. The Kier molecular flexibility index (Phi) is 4.02. The highest BCUT2D eigenvalue weighted by Gasteiger charge is 2.27. The second-order valence-corrected chi connectivity index (χ2v) is 5.17. The zero-order valence-electron chi connectivity index (χ0n) is 11.1. The Morgan fingerprint density at radius 3 is 2.94 bits per heavy atom. The molecule has 0 spiro atoms. The van der Waals surface area contributed by atoms with Gasteiger partial charge in [0.1, 0.15) is 0 Å². The van der Waals surface area contributed by atoms with E-state index < -0.39 is 6.10 Å². The summed E-state index contributed by atoms with van der Waals surface area (Å²) in [5.41, 5.74) is 2.30. The Labute approximate surface area is 108 Å². The van der Waals surface area contributed by atoms with Crippen LogP contribution in [0.4, 0.5) is 5.69 Å². The maximum atomic E-state index is 12.3. The van der Waals surface area contributed by atoms with E-state index in [-0.39, 0.29) is 11.9 Å². The zero-order valence-corrected chi connectivity index (χ0v) is 11.1. The average Bonchev–Trinajstić information content (AvgIpc) is 2.36. The van der Waals surface area contributed by atoms with Gasteiger partial charge in [-0.3, -0.25) is 4.79 Å². The van der Waals surface area contributed by atoms with Gasteiger partial charge in [0.05, 0.1) is 6.10 Å². The van der Waals surface area contributed by atoms with E-state index in [1.165, 1.54) is 5.56 Å². The second-order valence-electron chi connectivity index (χ2n) is 5.17. The molecule has 1 heterocycles. The maximum Gasteiger partial charge on any atom is 0.227 e. The number of hydrogen-bond acceptors (Lipinski definition) is 2. The van der Waals surface area contributed by atoms with Gasteiger partial charge in [0.2, 0.25) is 5.91 Å². The lowest BCUT2D eigenvalue weighted by atomic mass is 9.96. The number of benzene rings is 1. The summed E-state index contributed by atoms with van der Waals surface area (Å²) in [6, 6.07) is 8.36. The summed E-state index contributed by atoms with van der Waals surface area (Å²) < 4.78 is 0. The lowest BCUT2D eigenvalue weighted by Crippen LogP contribution is -2.42. The molecule has 2 unspecified atom stereocenters. The minimum Gasteiger partial charge on any atom is -0.393 e. The topological polar surface area (TPSA) is 40.5 Å². The van der Waals surface area contributed by atoms with Crippen LogP contribution in [0.25, 0.3) is 0 Å². The Morgan fingerprint density at radius 2 is 2.22 bits per heavy atom. The van der Waals surface area contributed by atoms with Gasteiger partial charge in [-0.2, -0.15) is 0 Å². The summed E-state index contributed by atoms with van der Waals surface area (Å²) in [5, 5.41) is 9.29. The normalized spacial score (nSPS) is 20.4. The summed E-state index contributed by atoms with van der Waals surface area (Å²) in [6.07, 6.45) is 2.58. The first-order valence-electron chi connectivity index (χ1n) is 6.67. The third kappa shape index (κ3) is 2.72. The number of aliphatic hydroxyl groups is 1. The lowest BCUT2D eigenvalue weighted by Gasteiger charge is -2.35. The number of hydrogen-bond donors (Lipinski definition) is 1. The summed E-state index contributed by atoms with van der Waals surface area (Å²) in [7, 11) is 0. The van der Waals surface area contributed by atoms with Gasteiger partial charge in [-0.1, -0.05) is 18.2 Å². The number of rotatable bonds is 3. The first-order valence-corrected chi connectivity index (χ1v) is 6.67. The van der Waals surface area contributed by atoms with E-state index in [1.807, 2.05) is 23.1 Å². The van der Waals surface area contributed by atoms with Crippen LogP contribution in [0.2, 0.25) is 0 Å². The number of carbonyl (C=O) groups excluding carboxylic acids is 1. The van der Waals surface area contributed by atoms with Crippen molar-refractivity contribution in [3.8, 4) is 0 Å². The predicted molar refractivity (Wildman–Crippen MR) is 72.6 cm³/mol. The minimum atomic E-state index is -0.413. The smallest absolute Gasteiger partial charge is 0.227 e. The molecular weight excluding hydrogens is 226 g/mol. The molecule has 0 radical (unpaired) electrons. The van der Waals surface area contributed by atoms with Gasteiger partial charge in [0.15, 0.2) is 0 Å². The summed E-state index contributed by atoms with van der Waals surface area (Å²) in [4.78, 5) is 14.2. The molecule has 1 aliphatic rings. The fourth-order valence-electron chi connectivity index (χ4n) is 2.52. The van der Waals surface area contributed by atoms with Crippen LogP contribution in [-0.2, 0) is 11.2 Å². The van der Waals surface area contributed by atoms with E-state index in [2.05, 4.69) is 13.0 Å². The van der Waals surface area contributed by atoms with Gasteiger partial charge in [-0.05, 0) is 44.7 Å². The second kappa shape index (κ2) is 5.53. The number of nitrogens with zero attached hydrogens (tertiary/aromatic N) is 1. The molecule has 98 valence electrons. The molecule has 0 aromatic heterocycles. The number of fused-ring (bicyclic) bond motifs is 1. The molecule has 0 fully saturated rings. The standard InChI is InChI=1S/C15H21NO2/c1-11-7-9-13-5-3-4-6-14(13)16(11)15(18)10-8-12(2)17/h3-6,11-12,17H,7-10H2,1-2H3. The zero-order chi connectivity index (χ0) is 13.1. The van der Waals surface area contributed by atoms with Gasteiger partial charge >= 0.3 is 0 Å². The quantitative estimate of drug-likeness (QED) is 0.891. The van der Waals surface area contributed by atoms with Crippen molar-refractivity contribution in [3.05, 3.63) is 29.8 Å². The van der Waals surface area contributed by atoms with Crippen LogP contribution in [0, 0.1) is 0 Å². The molecule has 18 heavy (non-hydrogen) atoms. The fourth-order valence-corrected chi connectivity index (χ4v) is 2.52. The van der Waals surface area contributed by atoms with E-state index >= 15 is 0 Å². The van der Waals surface area contributed by atoms with Gasteiger partial charge < -0.3 is 10.0 Å². The van der Waals surface area contributed by atoms with Gasteiger partial charge in [0, 0.05) is 18.2 Å². The van der Waals surface area contributed by atoms with Crippen LogP contribution in [0.15, 0.2) is 24.3 Å². The minimum absolute atomic E-state index is 0.121. The van der Waals surface area contributed by atoms with Crippen LogP contribution in [0.5, 0.6) is 0 Å². The third-order valence-corrected chi connectivity index (χ3v) is 3.57. The van der Waals surface area contributed by atoms with Crippen molar-refractivity contribution < 1.29 is 9.90 Å². The van der Waals surface area contributed by atoms with Crippen LogP contribution in [-0.4, -0.2) is 23.2 Å². The molecule has 1 aromatic rings. The first kappa shape index (κ1) is 13.1. The highest BCUT2D eigenvalue weighted by Crippen LogP contribution is 2.31. The molecule has 3 nitrogen and oxygen atoms in total. The summed E-state index contributed by atoms with van der Waals surface area (Å²) in [5.74, 6) is 0.121. The lowest BCUT2D eigenvalue weighted by molar-refractivity contribution is -0.119. The molecule has 2 rings (SSSR count). The van der Waals surface area contributed by atoms with Crippen molar-refractivity contribution in [1.82, 2.24) is 0 Å². The summed E-state index contributed by atoms with van der Waals surface area (Å²) in [6.45, 7) is 3.82. The highest BCUT2D eigenvalue weighted by molar-refractivity contribution is 5.95. The SMILES string of the molecule is CC(O)CCC(=O)N1c2ccccc2CCC1C. The van der Waals surface area contributed by atoms with E-state index in [4.69, 9.17) is 0 Å². The van der Waals surface area contributed by atoms with Crippen LogP contribution in [0.3, 0.4) is 0 Å². The molecule has 3 heteroatoms. The molecule has 1 amide bonds.